The highest BCUT2D eigenvalue weighted by atomic mass is 16.5. The molecule has 2 aliphatic heterocycles. The lowest BCUT2D eigenvalue weighted by Crippen LogP contribution is -2.57. The molecule has 0 atom stereocenters. The van der Waals surface area contributed by atoms with E-state index in [-0.39, 0.29) is 18.1 Å². The van der Waals surface area contributed by atoms with E-state index in [0.717, 1.165) is 51.1 Å². The minimum atomic E-state index is -0.126. The van der Waals surface area contributed by atoms with Crippen LogP contribution in [0.3, 0.4) is 0 Å². The molecule has 5 heteroatoms. The number of aryl methyl sites for hydroxylation is 1. The van der Waals surface area contributed by atoms with Crippen molar-refractivity contribution in [3.8, 4) is 0 Å². The number of rotatable bonds is 3. The summed E-state index contributed by atoms with van der Waals surface area (Å²) >= 11 is 0. The predicted octanol–water partition coefficient (Wildman–Crippen LogP) is 1.47. The number of carbonyl (C=O) groups is 1. The second-order valence-electron chi connectivity index (χ2n) is 6.51. The monoisotopic (exact) mass is 303 g/mol. The molecule has 0 aromatic carbocycles. The number of piperidine rings is 1. The van der Waals surface area contributed by atoms with Gasteiger partial charge in [0.2, 0.25) is 5.91 Å². The quantitative estimate of drug-likeness (QED) is 0.848. The van der Waals surface area contributed by atoms with Gasteiger partial charge in [-0.1, -0.05) is 13.0 Å². The number of morpholine rings is 1. The highest BCUT2D eigenvalue weighted by molar-refractivity contribution is 5.78. The number of likely N-dealkylation sites (tertiary alicyclic amines) is 1. The first-order valence-corrected chi connectivity index (χ1v) is 8.14. The van der Waals surface area contributed by atoms with Gasteiger partial charge in [0.1, 0.15) is 6.61 Å². The Morgan fingerprint density at radius 3 is 2.68 bits per heavy atom. The largest absolute Gasteiger partial charge is 0.363 e. The molecule has 1 spiro atoms. The Morgan fingerprint density at radius 1 is 1.32 bits per heavy atom. The van der Waals surface area contributed by atoms with E-state index in [9.17, 15) is 4.79 Å². The highest BCUT2D eigenvalue weighted by Gasteiger charge is 2.41. The molecular weight excluding hydrogens is 278 g/mol. The second kappa shape index (κ2) is 6.34. The van der Waals surface area contributed by atoms with Crippen LogP contribution in [-0.2, 0) is 22.5 Å². The molecule has 0 aliphatic carbocycles. The van der Waals surface area contributed by atoms with Crippen LogP contribution in [0.2, 0.25) is 0 Å². The van der Waals surface area contributed by atoms with E-state index in [1.807, 2.05) is 18.1 Å². The maximum absolute atomic E-state index is 11.6. The Kier molecular flexibility index (Phi) is 4.45. The first-order valence-electron chi connectivity index (χ1n) is 8.14. The molecule has 1 amide bonds. The van der Waals surface area contributed by atoms with E-state index >= 15 is 0 Å². The molecule has 3 rings (SSSR count). The van der Waals surface area contributed by atoms with Crippen LogP contribution < -0.4 is 0 Å². The van der Waals surface area contributed by atoms with E-state index in [1.54, 1.807) is 0 Å². The maximum atomic E-state index is 11.6. The summed E-state index contributed by atoms with van der Waals surface area (Å²) < 4.78 is 5.88. The van der Waals surface area contributed by atoms with Crippen LogP contribution in [0.1, 0.15) is 31.0 Å². The zero-order valence-electron chi connectivity index (χ0n) is 13.5. The molecular formula is C17H25N3O2. The fourth-order valence-electron chi connectivity index (χ4n) is 3.30. The minimum Gasteiger partial charge on any atom is -0.363 e. The van der Waals surface area contributed by atoms with Crippen molar-refractivity contribution in [3.05, 3.63) is 29.6 Å². The Labute approximate surface area is 132 Å². The lowest BCUT2D eigenvalue weighted by Gasteiger charge is -2.46. The minimum absolute atomic E-state index is 0.0910. The molecule has 0 N–H and O–H groups in total. The standard InChI is InChI=1S/C17H25N3O2/c1-3-14-4-5-15(18-10-14)11-20-8-6-17(7-9-20)13-19(2)16(21)12-22-17/h4-5,10H,3,6-9,11-13H2,1-2H3. The SMILES string of the molecule is CCc1ccc(CN2CCC3(CC2)CN(C)C(=O)CO3)nc1. The van der Waals surface area contributed by atoms with Gasteiger partial charge in [0.25, 0.3) is 0 Å². The molecule has 0 saturated carbocycles. The van der Waals surface area contributed by atoms with Gasteiger partial charge in [0.15, 0.2) is 0 Å². The summed E-state index contributed by atoms with van der Waals surface area (Å²) in [5.41, 5.74) is 2.29. The fraction of sp³-hybridized carbons (Fsp3) is 0.647. The van der Waals surface area contributed by atoms with Crippen molar-refractivity contribution in [3.63, 3.8) is 0 Å². The Balaban J connectivity index is 1.54. The van der Waals surface area contributed by atoms with Crippen molar-refractivity contribution >= 4 is 5.91 Å². The third kappa shape index (κ3) is 3.31. The number of ether oxygens (including phenoxy) is 1. The van der Waals surface area contributed by atoms with Crippen LogP contribution >= 0.6 is 0 Å². The summed E-state index contributed by atoms with van der Waals surface area (Å²) in [7, 11) is 1.87. The molecule has 22 heavy (non-hydrogen) atoms. The number of aromatic nitrogens is 1. The van der Waals surface area contributed by atoms with Gasteiger partial charge in [0.05, 0.1) is 11.3 Å². The van der Waals surface area contributed by atoms with Crippen LogP contribution in [0, 0.1) is 0 Å². The number of carbonyl (C=O) groups excluding carboxylic acids is 1. The molecule has 1 aromatic rings. The molecule has 0 bridgehead atoms. The van der Waals surface area contributed by atoms with Crippen LogP contribution in [0.5, 0.6) is 0 Å². The second-order valence-corrected chi connectivity index (χ2v) is 6.51. The van der Waals surface area contributed by atoms with Gasteiger partial charge in [-0.25, -0.2) is 0 Å². The molecule has 120 valence electrons. The third-order valence-corrected chi connectivity index (χ3v) is 4.90. The molecule has 2 fully saturated rings. The normalized spacial score (nSPS) is 22.3. The zero-order valence-corrected chi connectivity index (χ0v) is 13.5. The van der Waals surface area contributed by atoms with Gasteiger partial charge in [-0.2, -0.15) is 0 Å². The Hall–Kier alpha value is -1.46. The summed E-state index contributed by atoms with van der Waals surface area (Å²) in [5.74, 6) is 0.0910. The predicted molar refractivity (Wildman–Crippen MR) is 84.4 cm³/mol. The molecule has 3 heterocycles. The van der Waals surface area contributed by atoms with E-state index in [4.69, 9.17) is 4.74 Å². The molecule has 1 aromatic heterocycles. The number of likely N-dealkylation sites (N-methyl/N-ethyl adjacent to an activating group) is 1. The lowest BCUT2D eigenvalue weighted by molar-refractivity contribution is -0.169. The van der Waals surface area contributed by atoms with Gasteiger partial charge >= 0.3 is 0 Å². The van der Waals surface area contributed by atoms with Crippen molar-refractivity contribution in [1.29, 1.82) is 0 Å². The van der Waals surface area contributed by atoms with Gasteiger partial charge in [-0.3, -0.25) is 14.7 Å². The average molecular weight is 303 g/mol. The van der Waals surface area contributed by atoms with Crippen LogP contribution in [0.4, 0.5) is 0 Å². The number of hydrogen-bond donors (Lipinski definition) is 0. The van der Waals surface area contributed by atoms with Crippen LogP contribution in [-0.4, -0.2) is 59.6 Å². The molecule has 5 nitrogen and oxygen atoms in total. The first-order chi connectivity index (χ1) is 10.6. The number of hydrogen-bond acceptors (Lipinski definition) is 4. The number of nitrogens with zero attached hydrogens (tertiary/aromatic N) is 3. The van der Waals surface area contributed by atoms with Gasteiger partial charge in [0, 0.05) is 39.4 Å². The molecule has 2 aliphatic rings. The summed E-state index contributed by atoms with van der Waals surface area (Å²) in [6.45, 7) is 6.00. The van der Waals surface area contributed by atoms with Crippen molar-refractivity contribution in [2.24, 2.45) is 0 Å². The molecule has 0 unspecified atom stereocenters. The topological polar surface area (TPSA) is 45.7 Å². The van der Waals surface area contributed by atoms with Gasteiger partial charge in [-0.15, -0.1) is 0 Å². The Bertz CT molecular complexity index is 521. The molecule has 0 radical (unpaired) electrons. The van der Waals surface area contributed by atoms with Gasteiger partial charge < -0.3 is 9.64 Å². The fourth-order valence-corrected chi connectivity index (χ4v) is 3.30. The van der Waals surface area contributed by atoms with E-state index < -0.39 is 0 Å². The lowest BCUT2D eigenvalue weighted by atomic mass is 9.89. The smallest absolute Gasteiger partial charge is 0.248 e. The third-order valence-electron chi connectivity index (χ3n) is 4.90. The summed E-state index contributed by atoms with van der Waals surface area (Å²) in [6.07, 6.45) is 4.98. The maximum Gasteiger partial charge on any atom is 0.248 e. The molecule has 2 saturated heterocycles. The van der Waals surface area contributed by atoms with E-state index in [0.29, 0.717) is 0 Å². The van der Waals surface area contributed by atoms with Crippen molar-refractivity contribution in [2.45, 2.75) is 38.3 Å². The van der Waals surface area contributed by atoms with Crippen molar-refractivity contribution in [1.82, 2.24) is 14.8 Å². The van der Waals surface area contributed by atoms with Crippen LogP contribution in [0.25, 0.3) is 0 Å². The first kappa shape index (κ1) is 15.4. The summed E-state index contributed by atoms with van der Waals surface area (Å²) in [6, 6.07) is 4.30. The van der Waals surface area contributed by atoms with Crippen LogP contribution in [0.15, 0.2) is 18.3 Å². The number of pyridine rings is 1. The summed E-state index contributed by atoms with van der Waals surface area (Å²) in [4.78, 5) is 20.3. The average Bonchev–Trinajstić information content (AvgIpc) is 2.55. The number of amides is 1. The van der Waals surface area contributed by atoms with Crippen molar-refractivity contribution in [2.75, 3.05) is 33.3 Å². The Morgan fingerprint density at radius 2 is 2.09 bits per heavy atom. The highest BCUT2D eigenvalue weighted by Crippen LogP contribution is 2.30. The zero-order chi connectivity index (χ0) is 15.6. The van der Waals surface area contributed by atoms with E-state index in [1.165, 1.54) is 5.56 Å². The summed E-state index contributed by atoms with van der Waals surface area (Å²) in [5, 5.41) is 0. The van der Waals surface area contributed by atoms with E-state index in [2.05, 4.69) is 28.9 Å². The van der Waals surface area contributed by atoms with Crippen molar-refractivity contribution < 1.29 is 9.53 Å². The van der Waals surface area contributed by atoms with Gasteiger partial charge in [-0.05, 0) is 30.9 Å².